The average molecular weight is 294 g/mol. The van der Waals surface area contributed by atoms with Gasteiger partial charge in [-0.15, -0.1) is 11.3 Å². The van der Waals surface area contributed by atoms with Crippen LogP contribution in [-0.2, 0) is 0 Å². The largest absolute Gasteiger partial charge is 0.345 e. The van der Waals surface area contributed by atoms with Crippen molar-refractivity contribution in [1.82, 2.24) is 5.32 Å². The second kappa shape index (κ2) is 6.22. The topological polar surface area (TPSA) is 29.1 Å². The molecule has 0 spiro atoms. The minimum Gasteiger partial charge on any atom is -0.345 e. The van der Waals surface area contributed by atoms with Crippen molar-refractivity contribution in [2.45, 2.75) is 26.3 Å². The molecule has 1 aromatic heterocycles. The minimum atomic E-state index is -0.0654. The van der Waals surface area contributed by atoms with Gasteiger partial charge in [-0.2, -0.15) is 0 Å². The fourth-order valence-corrected chi connectivity index (χ4v) is 2.83. The number of carbonyl (C=O) groups excluding carboxylic acids is 1. The van der Waals surface area contributed by atoms with Crippen molar-refractivity contribution in [2.75, 3.05) is 0 Å². The van der Waals surface area contributed by atoms with Gasteiger partial charge < -0.3 is 5.32 Å². The summed E-state index contributed by atoms with van der Waals surface area (Å²) >= 11 is 7.15. The summed E-state index contributed by atoms with van der Waals surface area (Å²) in [6.45, 7) is 4.11. The molecule has 0 aliphatic heterocycles. The van der Waals surface area contributed by atoms with Crippen LogP contribution in [0.2, 0.25) is 4.34 Å². The Labute approximate surface area is 122 Å². The Balaban J connectivity index is 2.11. The van der Waals surface area contributed by atoms with Gasteiger partial charge in [-0.3, -0.25) is 4.79 Å². The molecule has 100 valence electrons. The molecule has 2 nitrogen and oxygen atoms in total. The van der Waals surface area contributed by atoms with Crippen molar-refractivity contribution in [1.29, 1.82) is 0 Å². The van der Waals surface area contributed by atoms with Gasteiger partial charge in [-0.1, -0.05) is 48.4 Å². The third-order valence-electron chi connectivity index (χ3n) is 2.99. The van der Waals surface area contributed by atoms with Crippen molar-refractivity contribution in [2.24, 2.45) is 0 Å². The summed E-state index contributed by atoms with van der Waals surface area (Å²) in [6.07, 6.45) is 0.855. The number of hydrogen-bond donors (Lipinski definition) is 1. The van der Waals surface area contributed by atoms with Crippen LogP contribution >= 0.6 is 22.9 Å². The van der Waals surface area contributed by atoms with Crippen LogP contribution in [0.5, 0.6) is 0 Å². The molecule has 1 N–H and O–H groups in total. The van der Waals surface area contributed by atoms with E-state index < -0.39 is 0 Å². The first-order chi connectivity index (χ1) is 9.10. The molecule has 0 aliphatic carbocycles. The molecule has 19 heavy (non-hydrogen) atoms. The van der Waals surface area contributed by atoms with Gasteiger partial charge in [0.25, 0.3) is 5.91 Å². The van der Waals surface area contributed by atoms with Crippen molar-refractivity contribution in [3.05, 3.63) is 56.7 Å². The maximum atomic E-state index is 12.1. The van der Waals surface area contributed by atoms with E-state index in [2.05, 4.69) is 43.4 Å². The molecule has 4 heteroatoms. The zero-order valence-corrected chi connectivity index (χ0v) is 12.5. The van der Waals surface area contributed by atoms with Gasteiger partial charge in [-0.05, 0) is 31.0 Å². The lowest BCUT2D eigenvalue weighted by Gasteiger charge is -2.17. The highest BCUT2D eigenvalue weighted by atomic mass is 35.5. The third-order valence-corrected chi connectivity index (χ3v) is 4.22. The smallest absolute Gasteiger partial charge is 0.261 e. The summed E-state index contributed by atoms with van der Waals surface area (Å²) in [6, 6.07) is 11.8. The molecule has 2 rings (SSSR count). The Hall–Kier alpha value is -1.32. The summed E-state index contributed by atoms with van der Waals surface area (Å²) in [5, 5.41) is 3.04. The zero-order valence-electron chi connectivity index (χ0n) is 10.9. The van der Waals surface area contributed by atoms with Crippen LogP contribution in [-0.4, -0.2) is 5.91 Å². The number of rotatable bonds is 4. The zero-order chi connectivity index (χ0) is 13.8. The molecule has 1 heterocycles. The normalized spacial score (nSPS) is 12.2. The summed E-state index contributed by atoms with van der Waals surface area (Å²) in [5.41, 5.74) is 2.35. The number of amides is 1. The highest BCUT2D eigenvalue weighted by molar-refractivity contribution is 7.17. The maximum absolute atomic E-state index is 12.1. The van der Waals surface area contributed by atoms with Crippen LogP contribution in [0.15, 0.2) is 36.4 Å². The lowest BCUT2D eigenvalue weighted by atomic mass is 10.0. The molecule has 0 bridgehead atoms. The van der Waals surface area contributed by atoms with Gasteiger partial charge in [0, 0.05) is 0 Å². The Morgan fingerprint density at radius 2 is 1.95 bits per heavy atom. The maximum Gasteiger partial charge on any atom is 0.261 e. The van der Waals surface area contributed by atoms with E-state index in [4.69, 9.17) is 11.6 Å². The van der Waals surface area contributed by atoms with Crippen LogP contribution in [0.3, 0.4) is 0 Å². The van der Waals surface area contributed by atoms with E-state index >= 15 is 0 Å². The fraction of sp³-hybridized carbons (Fsp3) is 0.267. The molecule has 1 atom stereocenters. The number of benzene rings is 1. The highest BCUT2D eigenvalue weighted by Crippen LogP contribution is 2.23. The monoisotopic (exact) mass is 293 g/mol. The number of halogens is 1. The van der Waals surface area contributed by atoms with Gasteiger partial charge in [0.15, 0.2) is 0 Å². The number of carbonyl (C=O) groups is 1. The van der Waals surface area contributed by atoms with E-state index in [1.54, 1.807) is 12.1 Å². The van der Waals surface area contributed by atoms with E-state index in [1.807, 2.05) is 0 Å². The van der Waals surface area contributed by atoms with E-state index in [0.29, 0.717) is 9.21 Å². The predicted molar refractivity (Wildman–Crippen MR) is 81.0 cm³/mol. The summed E-state index contributed by atoms with van der Waals surface area (Å²) < 4.78 is 0.633. The van der Waals surface area contributed by atoms with Crippen LogP contribution < -0.4 is 5.32 Å². The molecule has 1 aromatic carbocycles. The van der Waals surface area contributed by atoms with Gasteiger partial charge in [0.05, 0.1) is 15.3 Å². The first-order valence-corrected chi connectivity index (χ1v) is 7.42. The minimum absolute atomic E-state index is 0.0361. The SMILES string of the molecule is CC[C@@H](NC(=O)c1ccc(Cl)s1)c1ccc(C)cc1. The first-order valence-electron chi connectivity index (χ1n) is 6.23. The molecular formula is C15H16ClNOS. The molecular weight excluding hydrogens is 278 g/mol. The molecule has 0 aliphatic rings. The van der Waals surface area contributed by atoms with Gasteiger partial charge in [0.1, 0.15) is 0 Å². The molecule has 0 radical (unpaired) electrons. The second-order valence-corrected chi connectivity index (χ2v) is 6.16. The number of aryl methyl sites for hydroxylation is 1. The van der Waals surface area contributed by atoms with Gasteiger partial charge >= 0.3 is 0 Å². The second-order valence-electron chi connectivity index (χ2n) is 4.45. The van der Waals surface area contributed by atoms with Crippen LogP contribution in [0.25, 0.3) is 0 Å². The Bertz CT molecular complexity index is 562. The fourth-order valence-electron chi connectivity index (χ4n) is 1.89. The third kappa shape index (κ3) is 3.58. The highest BCUT2D eigenvalue weighted by Gasteiger charge is 2.15. The predicted octanol–water partition coefficient (Wildman–Crippen LogP) is 4.59. The van der Waals surface area contributed by atoms with E-state index in [0.717, 1.165) is 12.0 Å². The van der Waals surface area contributed by atoms with E-state index in [9.17, 15) is 4.79 Å². The van der Waals surface area contributed by atoms with Crippen LogP contribution in [0, 0.1) is 6.92 Å². The lowest BCUT2D eigenvalue weighted by molar-refractivity contribution is 0.0939. The van der Waals surface area contributed by atoms with Gasteiger partial charge in [-0.25, -0.2) is 0 Å². The quantitative estimate of drug-likeness (QED) is 0.877. The van der Waals surface area contributed by atoms with Crippen LogP contribution in [0.1, 0.15) is 40.2 Å². The average Bonchev–Trinajstić information content (AvgIpc) is 2.84. The van der Waals surface area contributed by atoms with Crippen molar-refractivity contribution < 1.29 is 4.79 Å². The number of hydrogen-bond acceptors (Lipinski definition) is 2. The van der Waals surface area contributed by atoms with Gasteiger partial charge in [0.2, 0.25) is 0 Å². The standard InChI is InChI=1S/C15H16ClNOS/c1-3-12(11-6-4-10(2)5-7-11)17-15(18)13-8-9-14(16)19-13/h4-9,12H,3H2,1-2H3,(H,17,18)/t12-/m1/s1. The van der Waals surface area contributed by atoms with Crippen molar-refractivity contribution in [3.8, 4) is 0 Å². The molecule has 0 saturated heterocycles. The number of thiophene rings is 1. The molecule has 0 unspecified atom stereocenters. The Morgan fingerprint density at radius 1 is 1.26 bits per heavy atom. The molecule has 1 amide bonds. The molecule has 2 aromatic rings. The van der Waals surface area contributed by atoms with Crippen molar-refractivity contribution in [3.63, 3.8) is 0 Å². The van der Waals surface area contributed by atoms with E-state index in [1.165, 1.54) is 16.9 Å². The molecule has 0 saturated carbocycles. The summed E-state index contributed by atoms with van der Waals surface area (Å²) in [7, 11) is 0. The lowest BCUT2D eigenvalue weighted by Crippen LogP contribution is -2.27. The number of nitrogens with one attached hydrogen (secondary N) is 1. The Kier molecular flexibility index (Phi) is 4.61. The van der Waals surface area contributed by atoms with Crippen LogP contribution in [0.4, 0.5) is 0 Å². The van der Waals surface area contributed by atoms with E-state index in [-0.39, 0.29) is 11.9 Å². The summed E-state index contributed by atoms with van der Waals surface area (Å²) in [5.74, 6) is -0.0654. The summed E-state index contributed by atoms with van der Waals surface area (Å²) in [4.78, 5) is 12.8. The molecule has 0 fully saturated rings. The van der Waals surface area contributed by atoms with Crippen molar-refractivity contribution >= 4 is 28.8 Å². The Morgan fingerprint density at radius 3 is 2.47 bits per heavy atom. The first kappa shape index (κ1) is 14.1.